The number of hydrogen-bond donors (Lipinski definition) is 2. The van der Waals surface area contributed by atoms with E-state index in [-0.39, 0.29) is 6.04 Å². The highest BCUT2D eigenvalue weighted by atomic mass is 16.5. The number of piperidine rings is 1. The Morgan fingerprint density at radius 3 is 2.59 bits per heavy atom. The Labute approximate surface area is 203 Å². The molecule has 0 spiro atoms. The summed E-state index contributed by atoms with van der Waals surface area (Å²) < 4.78 is 6.05. The van der Waals surface area contributed by atoms with Crippen molar-refractivity contribution in [2.75, 3.05) is 19.7 Å². The van der Waals surface area contributed by atoms with Gasteiger partial charge in [-0.25, -0.2) is 0 Å². The van der Waals surface area contributed by atoms with E-state index in [1.165, 1.54) is 41.5 Å². The van der Waals surface area contributed by atoms with Gasteiger partial charge in [-0.05, 0) is 85.2 Å². The third kappa shape index (κ3) is 5.81. The number of fused-ring (bicyclic) bond motifs is 1. The smallest absolute Gasteiger partial charge is 0.119 e. The minimum absolute atomic E-state index is 0.286. The first-order valence-electron chi connectivity index (χ1n) is 12.8. The van der Waals surface area contributed by atoms with Crippen LogP contribution in [-0.4, -0.2) is 35.7 Å². The Kier molecular flexibility index (Phi) is 7.47. The van der Waals surface area contributed by atoms with E-state index < -0.39 is 0 Å². The zero-order chi connectivity index (χ0) is 23.2. The molecule has 0 saturated carbocycles. The molecule has 0 bridgehead atoms. The second-order valence-electron chi connectivity index (χ2n) is 9.74. The van der Waals surface area contributed by atoms with Gasteiger partial charge >= 0.3 is 0 Å². The summed E-state index contributed by atoms with van der Waals surface area (Å²) in [5.41, 5.74) is 5.25. The molecule has 0 aliphatic carbocycles. The van der Waals surface area contributed by atoms with Gasteiger partial charge in [0.05, 0.1) is 6.61 Å². The largest absolute Gasteiger partial charge is 0.508 e. The molecule has 2 N–H and O–H groups in total. The average Bonchev–Trinajstić information content (AvgIpc) is 2.87. The molecule has 0 amide bonds. The van der Waals surface area contributed by atoms with E-state index in [0.29, 0.717) is 11.8 Å². The van der Waals surface area contributed by atoms with Crippen LogP contribution in [0.2, 0.25) is 0 Å². The molecule has 2 heterocycles. The standard InChI is InChI=1S/C30H36N2O2/c33-27-11-14-29-25(21-27)15-18-32(22-24-6-2-1-3-7-24)30(29)20-23-9-12-28(13-10-23)34-19-16-26-8-4-5-17-31-26/h1-3,6-7,9-14,21,26,30-31,33H,4-5,8,15-20,22H2. The molecule has 4 heteroatoms. The van der Waals surface area contributed by atoms with Crippen molar-refractivity contribution in [2.24, 2.45) is 0 Å². The van der Waals surface area contributed by atoms with Gasteiger partial charge in [0.2, 0.25) is 0 Å². The molecule has 5 rings (SSSR count). The van der Waals surface area contributed by atoms with E-state index in [1.54, 1.807) is 0 Å². The van der Waals surface area contributed by atoms with Crippen LogP contribution >= 0.6 is 0 Å². The van der Waals surface area contributed by atoms with E-state index in [1.807, 2.05) is 12.1 Å². The van der Waals surface area contributed by atoms with E-state index in [9.17, 15) is 5.11 Å². The Bertz CT molecular complexity index is 1050. The van der Waals surface area contributed by atoms with Crippen molar-refractivity contribution < 1.29 is 9.84 Å². The van der Waals surface area contributed by atoms with Crippen molar-refractivity contribution in [1.29, 1.82) is 0 Å². The number of nitrogens with one attached hydrogen (secondary N) is 1. The van der Waals surface area contributed by atoms with Crippen LogP contribution in [0.5, 0.6) is 11.5 Å². The summed E-state index contributed by atoms with van der Waals surface area (Å²) >= 11 is 0. The number of aromatic hydroxyl groups is 1. The van der Waals surface area contributed by atoms with Crippen LogP contribution < -0.4 is 10.1 Å². The quantitative estimate of drug-likeness (QED) is 0.460. The molecule has 3 aromatic carbocycles. The molecular weight excluding hydrogens is 420 g/mol. The third-order valence-electron chi connectivity index (χ3n) is 7.32. The highest BCUT2D eigenvalue weighted by Crippen LogP contribution is 2.35. The Balaban J connectivity index is 1.26. The summed E-state index contributed by atoms with van der Waals surface area (Å²) in [6.45, 7) is 3.83. The maximum atomic E-state index is 10.0. The Hall–Kier alpha value is -2.82. The predicted octanol–water partition coefficient (Wildman–Crippen LogP) is 5.65. The molecule has 1 saturated heterocycles. The maximum Gasteiger partial charge on any atom is 0.119 e. The average molecular weight is 457 g/mol. The van der Waals surface area contributed by atoms with Gasteiger partial charge in [0.15, 0.2) is 0 Å². The van der Waals surface area contributed by atoms with E-state index >= 15 is 0 Å². The summed E-state index contributed by atoms with van der Waals surface area (Å²) in [5, 5.41) is 13.6. The zero-order valence-corrected chi connectivity index (χ0v) is 20.0. The predicted molar refractivity (Wildman–Crippen MR) is 137 cm³/mol. The Morgan fingerprint density at radius 1 is 0.941 bits per heavy atom. The molecule has 3 aromatic rings. The van der Waals surface area contributed by atoms with Gasteiger partial charge in [0.25, 0.3) is 0 Å². The number of phenols is 1. The fourth-order valence-electron chi connectivity index (χ4n) is 5.43. The number of phenolic OH excluding ortho intramolecular Hbond substituents is 1. The molecule has 2 aliphatic rings. The van der Waals surface area contributed by atoms with Crippen molar-refractivity contribution in [1.82, 2.24) is 10.2 Å². The number of ether oxygens (including phenoxy) is 1. The first kappa shape index (κ1) is 22.9. The first-order chi connectivity index (χ1) is 16.7. The third-order valence-corrected chi connectivity index (χ3v) is 7.32. The van der Waals surface area contributed by atoms with Gasteiger partial charge in [-0.3, -0.25) is 4.90 Å². The van der Waals surface area contributed by atoms with Crippen LogP contribution in [0.4, 0.5) is 0 Å². The minimum atomic E-state index is 0.286. The normalized spacial score (nSPS) is 20.6. The molecular formula is C30H36N2O2. The molecule has 2 atom stereocenters. The summed E-state index contributed by atoms with van der Waals surface area (Å²) in [6, 6.07) is 26.2. The lowest BCUT2D eigenvalue weighted by Crippen LogP contribution is -2.36. The van der Waals surface area contributed by atoms with Gasteiger partial charge in [-0.2, -0.15) is 0 Å². The SMILES string of the molecule is Oc1ccc2c(c1)CCN(Cc1ccccc1)C2Cc1ccc(OCCC2CCCCN2)cc1. The number of hydrogen-bond acceptors (Lipinski definition) is 4. The highest BCUT2D eigenvalue weighted by Gasteiger charge is 2.28. The Morgan fingerprint density at radius 2 is 1.79 bits per heavy atom. The summed E-state index contributed by atoms with van der Waals surface area (Å²) in [4.78, 5) is 2.58. The van der Waals surface area contributed by atoms with Gasteiger partial charge in [-0.1, -0.05) is 55.0 Å². The molecule has 1 fully saturated rings. The number of benzene rings is 3. The minimum Gasteiger partial charge on any atom is -0.508 e. The van der Waals surface area contributed by atoms with E-state index in [2.05, 4.69) is 70.9 Å². The van der Waals surface area contributed by atoms with Crippen LogP contribution in [0.25, 0.3) is 0 Å². The fourth-order valence-corrected chi connectivity index (χ4v) is 5.43. The lowest BCUT2D eigenvalue weighted by Gasteiger charge is -2.38. The summed E-state index contributed by atoms with van der Waals surface area (Å²) in [7, 11) is 0. The van der Waals surface area contributed by atoms with Crippen molar-refractivity contribution in [3.05, 3.63) is 95.1 Å². The van der Waals surface area contributed by atoms with Gasteiger partial charge in [0.1, 0.15) is 11.5 Å². The first-order valence-corrected chi connectivity index (χ1v) is 12.8. The van der Waals surface area contributed by atoms with Gasteiger partial charge in [0, 0.05) is 25.2 Å². The van der Waals surface area contributed by atoms with Crippen LogP contribution in [0.1, 0.15) is 54.0 Å². The van der Waals surface area contributed by atoms with Crippen LogP contribution in [0, 0.1) is 0 Å². The number of nitrogens with zero attached hydrogens (tertiary/aromatic N) is 1. The zero-order valence-electron chi connectivity index (χ0n) is 20.0. The highest BCUT2D eigenvalue weighted by molar-refractivity contribution is 5.40. The maximum absolute atomic E-state index is 10.0. The second kappa shape index (κ2) is 11.1. The van der Waals surface area contributed by atoms with Crippen molar-refractivity contribution >= 4 is 0 Å². The topological polar surface area (TPSA) is 44.7 Å². The van der Waals surface area contributed by atoms with Crippen LogP contribution in [0.15, 0.2) is 72.8 Å². The van der Waals surface area contributed by atoms with Gasteiger partial charge in [-0.15, -0.1) is 0 Å². The summed E-state index contributed by atoms with van der Waals surface area (Å²) in [5.74, 6) is 1.31. The lowest BCUT2D eigenvalue weighted by molar-refractivity contribution is 0.174. The molecule has 0 radical (unpaired) electrons. The van der Waals surface area contributed by atoms with E-state index in [4.69, 9.17) is 4.74 Å². The van der Waals surface area contributed by atoms with Crippen molar-refractivity contribution in [3.8, 4) is 11.5 Å². The number of rotatable bonds is 8. The molecule has 2 aliphatic heterocycles. The molecule has 2 unspecified atom stereocenters. The van der Waals surface area contributed by atoms with Crippen LogP contribution in [-0.2, 0) is 19.4 Å². The van der Waals surface area contributed by atoms with Crippen LogP contribution in [0.3, 0.4) is 0 Å². The van der Waals surface area contributed by atoms with Crippen molar-refractivity contribution in [3.63, 3.8) is 0 Å². The molecule has 178 valence electrons. The van der Waals surface area contributed by atoms with Gasteiger partial charge < -0.3 is 15.2 Å². The molecule has 34 heavy (non-hydrogen) atoms. The second-order valence-corrected chi connectivity index (χ2v) is 9.74. The molecule has 0 aromatic heterocycles. The summed E-state index contributed by atoms with van der Waals surface area (Å²) in [6.07, 6.45) is 6.88. The van der Waals surface area contributed by atoms with Crippen molar-refractivity contribution in [2.45, 2.75) is 57.2 Å². The fraction of sp³-hybridized carbons (Fsp3) is 0.400. The molecule has 4 nitrogen and oxygen atoms in total. The monoisotopic (exact) mass is 456 g/mol. The lowest BCUT2D eigenvalue weighted by atomic mass is 9.88. The van der Waals surface area contributed by atoms with E-state index in [0.717, 1.165) is 51.3 Å².